The van der Waals surface area contributed by atoms with E-state index in [1.165, 1.54) is 12.8 Å². The number of nitrogens with one attached hydrogen (secondary N) is 1. The molecule has 0 spiro atoms. The summed E-state index contributed by atoms with van der Waals surface area (Å²) < 4.78 is 5.22. The smallest absolute Gasteiger partial charge is 0.223 e. The van der Waals surface area contributed by atoms with Crippen LogP contribution in [0.2, 0.25) is 0 Å². The number of ether oxygens (including phenoxy) is 1. The molecule has 1 unspecified atom stereocenters. The van der Waals surface area contributed by atoms with Gasteiger partial charge in [-0.25, -0.2) is 4.98 Å². The number of hydrogen-bond donors (Lipinski definition) is 1. The van der Waals surface area contributed by atoms with E-state index in [0.717, 1.165) is 47.9 Å². The molecule has 0 bridgehead atoms. The van der Waals surface area contributed by atoms with Crippen molar-refractivity contribution in [3.63, 3.8) is 0 Å². The maximum Gasteiger partial charge on any atom is 0.223 e. The number of hydrogen-bond acceptors (Lipinski definition) is 3. The zero-order chi connectivity index (χ0) is 17.4. The lowest BCUT2D eigenvalue weighted by molar-refractivity contribution is -0.129. The van der Waals surface area contributed by atoms with Gasteiger partial charge in [-0.1, -0.05) is 12.8 Å². The number of rotatable bonds is 4. The highest BCUT2D eigenvalue weighted by atomic mass is 16.5. The lowest BCUT2D eigenvalue weighted by Gasteiger charge is -2.23. The maximum absolute atomic E-state index is 12.4. The first-order valence-electron chi connectivity index (χ1n) is 9.16. The summed E-state index contributed by atoms with van der Waals surface area (Å²) in [5.41, 5.74) is 3.08. The number of carbonyl (C=O) groups is 1. The molecular weight excluding hydrogens is 314 g/mol. The van der Waals surface area contributed by atoms with Crippen LogP contribution >= 0.6 is 0 Å². The highest BCUT2D eigenvalue weighted by Crippen LogP contribution is 2.34. The van der Waals surface area contributed by atoms with Crippen LogP contribution in [0, 0.1) is 6.92 Å². The molecule has 1 aromatic carbocycles. The quantitative estimate of drug-likeness (QED) is 0.925. The molecule has 1 saturated heterocycles. The van der Waals surface area contributed by atoms with Crippen LogP contribution in [0.15, 0.2) is 24.3 Å². The van der Waals surface area contributed by atoms with Gasteiger partial charge in [0.1, 0.15) is 11.6 Å². The molecule has 1 aliphatic carbocycles. The predicted octanol–water partition coefficient (Wildman–Crippen LogP) is 3.65. The molecule has 1 amide bonds. The van der Waals surface area contributed by atoms with Crippen molar-refractivity contribution in [1.29, 1.82) is 0 Å². The van der Waals surface area contributed by atoms with Gasteiger partial charge in [-0.15, -0.1) is 0 Å². The zero-order valence-corrected chi connectivity index (χ0v) is 14.9. The molecule has 2 fully saturated rings. The minimum Gasteiger partial charge on any atom is -0.497 e. The van der Waals surface area contributed by atoms with E-state index in [-0.39, 0.29) is 11.8 Å². The molecule has 4 rings (SSSR count). The molecule has 1 saturated carbocycles. The Hall–Kier alpha value is -2.30. The molecule has 1 aliphatic heterocycles. The Morgan fingerprint density at radius 1 is 1.20 bits per heavy atom. The molecule has 5 nitrogen and oxygen atoms in total. The van der Waals surface area contributed by atoms with Gasteiger partial charge in [0.25, 0.3) is 0 Å². The largest absolute Gasteiger partial charge is 0.497 e. The van der Waals surface area contributed by atoms with Crippen molar-refractivity contribution < 1.29 is 9.53 Å². The van der Waals surface area contributed by atoms with Gasteiger partial charge in [-0.2, -0.15) is 0 Å². The fourth-order valence-electron chi connectivity index (χ4n) is 4.19. The van der Waals surface area contributed by atoms with Gasteiger partial charge >= 0.3 is 0 Å². The second-order valence-corrected chi connectivity index (χ2v) is 7.21. The van der Waals surface area contributed by atoms with E-state index in [4.69, 9.17) is 9.72 Å². The lowest BCUT2D eigenvalue weighted by Crippen LogP contribution is -2.34. The minimum absolute atomic E-state index is 0.179. The molecule has 2 aliphatic rings. The van der Waals surface area contributed by atoms with Gasteiger partial charge in [0.2, 0.25) is 5.91 Å². The van der Waals surface area contributed by atoms with Crippen molar-refractivity contribution in [2.24, 2.45) is 0 Å². The van der Waals surface area contributed by atoms with E-state index in [9.17, 15) is 4.79 Å². The Labute approximate surface area is 148 Å². The van der Waals surface area contributed by atoms with Gasteiger partial charge in [0.05, 0.1) is 12.8 Å². The predicted molar refractivity (Wildman–Crippen MR) is 96.6 cm³/mol. The topological polar surface area (TPSA) is 58.2 Å². The van der Waals surface area contributed by atoms with Crippen LogP contribution in [0.5, 0.6) is 5.75 Å². The van der Waals surface area contributed by atoms with Crippen LogP contribution in [-0.4, -0.2) is 40.5 Å². The van der Waals surface area contributed by atoms with Crippen molar-refractivity contribution >= 4 is 5.91 Å². The van der Waals surface area contributed by atoms with Crippen molar-refractivity contribution in [1.82, 2.24) is 14.9 Å². The highest BCUT2D eigenvalue weighted by molar-refractivity contribution is 5.80. The number of nitrogens with zero attached hydrogens (tertiary/aromatic N) is 2. The van der Waals surface area contributed by atoms with Gasteiger partial charge < -0.3 is 14.6 Å². The maximum atomic E-state index is 12.4. The Morgan fingerprint density at radius 3 is 2.60 bits per heavy atom. The summed E-state index contributed by atoms with van der Waals surface area (Å²) in [7, 11) is 1.67. The summed E-state index contributed by atoms with van der Waals surface area (Å²) in [5, 5.41) is 0. The molecule has 2 heterocycles. The van der Waals surface area contributed by atoms with E-state index in [0.29, 0.717) is 12.5 Å². The van der Waals surface area contributed by atoms with E-state index < -0.39 is 0 Å². The summed E-state index contributed by atoms with van der Waals surface area (Å²) in [6, 6.07) is 8.40. The Morgan fingerprint density at radius 2 is 1.92 bits per heavy atom. The molecule has 25 heavy (non-hydrogen) atoms. The molecule has 1 atom stereocenters. The van der Waals surface area contributed by atoms with Crippen molar-refractivity contribution in [2.45, 2.75) is 51.0 Å². The van der Waals surface area contributed by atoms with Gasteiger partial charge in [0.15, 0.2) is 0 Å². The molecule has 1 aromatic heterocycles. The Kier molecular flexibility index (Phi) is 4.24. The van der Waals surface area contributed by atoms with Crippen LogP contribution in [-0.2, 0) is 4.79 Å². The van der Waals surface area contributed by atoms with Crippen molar-refractivity contribution in [3.05, 3.63) is 35.8 Å². The standard InChI is InChI=1S/C20H25N3O2/c1-13-19(14-7-9-17(25-2)10-8-14)22-20(21-13)15-11-18(24)23(12-15)16-5-3-4-6-16/h7-10,15-16H,3-6,11-12H2,1-2H3,(H,21,22). The molecule has 2 aromatic rings. The summed E-state index contributed by atoms with van der Waals surface area (Å²) >= 11 is 0. The minimum atomic E-state index is 0.179. The number of methoxy groups -OCH3 is 1. The van der Waals surface area contributed by atoms with E-state index >= 15 is 0 Å². The van der Waals surface area contributed by atoms with Crippen LogP contribution in [0.4, 0.5) is 0 Å². The van der Waals surface area contributed by atoms with E-state index in [1.54, 1.807) is 7.11 Å². The highest BCUT2D eigenvalue weighted by Gasteiger charge is 2.37. The van der Waals surface area contributed by atoms with E-state index in [2.05, 4.69) is 9.88 Å². The number of likely N-dealkylation sites (tertiary alicyclic amines) is 1. The van der Waals surface area contributed by atoms with Gasteiger partial charge in [0, 0.05) is 36.2 Å². The monoisotopic (exact) mass is 339 g/mol. The van der Waals surface area contributed by atoms with Crippen molar-refractivity contribution in [2.75, 3.05) is 13.7 Å². The van der Waals surface area contributed by atoms with Gasteiger partial charge in [-0.3, -0.25) is 4.79 Å². The number of aromatic amines is 1. The summed E-state index contributed by atoms with van der Waals surface area (Å²) in [4.78, 5) is 22.8. The summed E-state index contributed by atoms with van der Waals surface area (Å²) in [6.07, 6.45) is 5.40. The first-order valence-corrected chi connectivity index (χ1v) is 9.16. The molecular formula is C20H25N3O2. The average Bonchev–Trinajstić information content (AvgIpc) is 3.34. The van der Waals surface area contributed by atoms with Crippen LogP contribution in [0.25, 0.3) is 11.3 Å². The number of carbonyl (C=O) groups excluding carboxylic acids is 1. The third-order valence-corrected chi connectivity index (χ3v) is 5.58. The fourth-order valence-corrected chi connectivity index (χ4v) is 4.19. The number of benzene rings is 1. The number of amides is 1. The Balaban J connectivity index is 1.54. The van der Waals surface area contributed by atoms with Crippen LogP contribution in [0.3, 0.4) is 0 Å². The van der Waals surface area contributed by atoms with Crippen LogP contribution in [0.1, 0.15) is 49.5 Å². The number of imidazole rings is 1. The summed E-state index contributed by atoms with van der Waals surface area (Å²) in [6.45, 7) is 2.85. The number of aromatic nitrogens is 2. The molecule has 0 radical (unpaired) electrons. The van der Waals surface area contributed by atoms with E-state index in [1.807, 2.05) is 31.2 Å². The second kappa shape index (κ2) is 6.54. The fraction of sp³-hybridized carbons (Fsp3) is 0.500. The molecule has 5 heteroatoms. The van der Waals surface area contributed by atoms with Crippen molar-refractivity contribution in [3.8, 4) is 17.0 Å². The van der Waals surface area contributed by atoms with Crippen LogP contribution < -0.4 is 4.74 Å². The first-order chi connectivity index (χ1) is 12.2. The second-order valence-electron chi connectivity index (χ2n) is 7.21. The lowest BCUT2D eigenvalue weighted by atomic mass is 10.1. The SMILES string of the molecule is COc1ccc(-c2nc(C3CC(=O)N(C4CCCC4)C3)[nH]c2C)cc1. The molecule has 132 valence electrons. The average molecular weight is 339 g/mol. The third-order valence-electron chi connectivity index (χ3n) is 5.58. The number of aryl methyl sites for hydroxylation is 1. The summed E-state index contributed by atoms with van der Waals surface area (Å²) in [5.74, 6) is 2.25. The molecule has 1 N–H and O–H groups in total. The number of H-pyrrole nitrogens is 1. The normalized spacial score (nSPS) is 21.3. The first kappa shape index (κ1) is 16.2. The third kappa shape index (κ3) is 3.03. The Bertz CT molecular complexity index is 760. The zero-order valence-electron chi connectivity index (χ0n) is 14.9. The van der Waals surface area contributed by atoms with Gasteiger partial charge in [-0.05, 0) is 44.0 Å².